The summed E-state index contributed by atoms with van der Waals surface area (Å²) in [6, 6.07) is 4.79. The van der Waals surface area contributed by atoms with E-state index < -0.39 is 15.6 Å². The first-order chi connectivity index (χ1) is 9.43. The molecule has 0 saturated carbocycles. The number of benzene rings is 1. The standard InChI is InChI=1S/C14H21BrN2O3S/c1-10-8-11(6-7-12(10)15)21(19,20)17(5)9-13(18)16-14(2,3)4/h6-8H,9H2,1-5H3,(H,16,18). The van der Waals surface area contributed by atoms with Gasteiger partial charge in [-0.15, -0.1) is 0 Å². The van der Waals surface area contributed by atoms with Gasteiger partial charge in [0.1, 0.15) is 0 Å². The van der Waals surface area contributed by atoms with E-state index in [0.29, 0.717) is 0 Å². The van der Waals surface area contributed by atoms with Crippen molar-refractivity contribution in [1.82, 2.24) is 9.62 Å². The molecule has 5 nitrogen and oxygen atoms in total. The van der Waals surface area contributed by atoms with Gasteiger partial charge < -0.3 is 5.32 Å². The Balaban J connectivity index is 2.92. The lowest BCUT2D eigenvalue weighted by Gasteiger charge is -2.23. The number of rotatable bonds is 4. The number of carbonyl (C=O) groups is 1. The van der Waals surface area contributed by atoms with Crippen molar-refractivity contribution in [2.24, 2.45) is 0 Å². The quantitative estimate of drug-likeness (QED) is 0.876. The van der Waals surface area contributed by atoms with Gasteiger partial charge in [0.05, 0.1) is 11.4 Å². The molecule has 0 unspecified atom stereocenters. The normalized spacial score (nSPS) is 12.5. The Morgan fingerprint density at radius 1 is 1.33 bits per heavy atom. The Labute approximate surface area is 134 Å². The molecule has 0 aliphatic carbocycles. The second kappa shape index (κ2) is 6.46. The fraction of sp³-hybridized carbons (Fsp3) is 0.500. The molecule has 1 rings (SSSR count). The highest BCUT2D eigenvalue weighted by atomic mass is 79.9. The van der Waals surface area contributed by atoms with Crippen LogP contribution in [0.15, 0.2) is 27.6 Å². The van der Waals surface area contributed by atoms with Crippen molar-refractivity contribution in [3.8, 4) is 0 Å². The zero-order chi connectivity index (χ0) is 16.4. The van der Waals surface area contributed by atoms with Crippen molar-refractivity contribution in [2.45, 2.75) is 38.1 Å². The van der Waals surface area contributed by atoms with Crippen LogP contribution in [-0.4, -0.2) is 37.8 Å². The molecule has 118 valence electrons. The Bertz CT molecular complexity index is 636. The Hall–Kier alpha value is -0.920. The number of hydrogen-bond donors (Lipinski definition) is 1. The lowest BCUT2D eigenvalue weighted by Crippen LogP contribution is -2.46. The minimum atomic E-state index is -3.68. The molecule has 0 radical (unpaired) electrons. The number of sulfonamides is 1. The summed E-state index contributed by atoms with van der Waals surface area (Å²) in [5.41, 5.74) is 0.430. The Morgan fingerprint density at radius 2 is 1.90 bits per heavy atom. The van der Waals surface area contributed by atoms with Crippen LogP contribution in [-0.2, 0) is 14.8 Å². The number of nitrogens with one attached hydrogen (secondary N) is 1. The highest BCUT2D eigenvalue weighted by Gasteiger charge is 2.24. The maximum absolute atomic E-state index is 12.4. The first-order valence-electron chi connectivity index (χ1n) is 6.47. The molecule has 1 aromatic carbocycles. The van der Waals surface area contributed by atoms with Crippen LogP contribution in [0.2, 0.25) is 0 Å². The number of nitrogens with zero attached hydrogens (tertiary/aromatic N) is 1. The van der Waals surface area contributed by atoms with E-state index in [1.54, 1.807) is 12.1 Å². The summed E-state index contributed by atoms with van der Waals surface area (Å²) in [6.45, 7) is 7.14. The molecule has 0 aliphatic heterocycles. The molecule has 0 atom stereocenters. The summed E-state index contributed by atoms with van der Waals surface area (Å²) >= 11 is 3.33. The zero-order valence-corrected chi connectivity index (χ0v) is 15.3. The van der Waals surface area contributed by atoms with Gasteiger partial charge in [-0.2, -0.15) is 4.31 Å². The van der Waals surface area contributed by atoms with Crippen molar-refractivity contribution >= 4 is 31.9 Å². The minimum absolute atomic E-state index is 0.175. The number of hydrogen-bond acceptors (Lipinski definition) is 3. The lowest BCUT2D eigenvalue weighted by atomic mass is 10.1. The first kappa shape index (κ1) is 18.1. The zero-order valence-electron chi connectivity index (χ0n) is 12.9. The fourth-order valence-electron chi connectivity index (χ4n) is 1.70. The van der Waals surface area contributed by atoms with Gasteiger partial charge in [0.15, 0.2) is 0 Å². The monoisotopic (exact) mass is 376 g/mol. The maximum Gasteiger partial charge on any atom is 0.243 e. The van der Waals surface area contributed by atoms with Crippen molar-refractivity contribution in [2.75, 3.05) is 13.6 Å². The van der Waals surface area contributed by atoms with E-state index in [0.717, 1.165) is 14.3 Å². The Kier molecular flexibility index (Phi) is 5.57. The van der Waals surface area contributed by atoms with Gasteiger partial charge in [0.25, 0.3) is 0 Å². The van der Waals surface area contributed by atoms with Gasteiger partial charge in [-0.25, -0.2) is 8.42 Å². The minimum Gasteiger partial charge on any atom is -0.350 e. The van der Waals surface area contributed by atoms with E-state index >= 15 is 0 Å². The summed E-state index contributed by atoms with van der Waals surface area (Å²) in [6.07, 6.45) is 0. The van der Waals surface area contributed by atoms with E-state index in [1.807, 2.05) is 27.7 Å². The molecular formula is C14H21BrN2O3S. The summed E-state index contributed by atoms with van der Waals surface area (Å²) in [5, 5.41) is 2.74. The SMILES string of the molecule is Cc1cc(S(=O)(=O)N(C)CC(=O)NC(C)(C)C)ccc1Br. The summed E-state index contributed by atoms with van der Waals surface area (Å²) in [5.74, 6) is -0.331. The molecule has 1 N–H and O–H groups in total. The van der Waals surface area contributed by atoms with Gasteiger partial charge >= 0.3 is 0 Å². The summed E-state index contributed by atoms with van der Waals surface area (Å²) < 4.78 is 26.7. The molecule has 0 spiro atoms. The molecule has 0 heterocycles. The fourth-order valence-corrected chi connectivity index (χ4v) is 3.16. The molecule has 0 fully saturated rings. The van der Waals surface area contributed by atoms with Crippen LogP contribution in [0, 0.1) is 6.92 Å². The predicted molar refractivity (Wildman–Crippen MR) is 86.6 cm³/mol. The van der Waals surface area contributed by atoms with Crippen LogP contribution in [0.5, 0.6) is 0 Å². The third kappa shape index (κ3) is 5.09. The van der Waals surface area contributed by atoms with Gasteiger partial charge in [-0.1, -0.05) is 15.9 Å². The van der Waals surface area contributed by atoms with Crippen LogP contribution in [0.4, 0.5) is 0 Å². The molecule has 0 aromatic heterocycles. The first-order valence-corrected chi connectivity index (χ1v) is 8.70. The van der Waals surface area contributed by atoms with Crippen molar-refractivity contribution < 1.29 is 13.2 Å². The summed E-state index contributed by atoms with van der Waals surface area (Å²) in [7, 11) is -2.28. The lowest BCUT2D eigenvalue weighted by molar-refractivity contribution is -0.122. The molecule has 0 aliphatic rings. The van der Waals surface area contributed by atoms with Crippen LogP contribution in [0.25, 0.3) is 0 Å². The molecule has 7 heteroatoms. The largest absolute Gasteiger partial charge is 0.350 e. The van der Waals surface area contributed by atoms with Crippen LogP contribution in [0.3, 0.4) is 0 Å². The second-order valence-electron chi connectivity index (χ2n) is 5.97. The third-order valence-electron chi connectivity index (χ3n) is 2.72. The van der Waals surface area contributed by atoms with E-state index in [4.69, 9.17) is 0 Å². The Morgan fingerprint density at radius 3 is 2.38 bits per heavy atom. The number of halogens is 1. The number of aryl methyl sites for hydroxylation is 1. The number of carbonyl (C=O) groups excluding carboxylic acids is 1. The maximum atomic E-state index is 12.4. The van der Waals surface area contributed by atoms with Gasteiger partial charge in [0.2, 0.25) is 15.9 Å². The average Bonchev–Trinajstić information content (AvgIpc) is 2.29. The molecule has 0 saturated heterocycles. The highest BCUT2D eigenvalue weighted by Crippen LogP contribution is 2.22. The predicted octanol–water partition coefficient (Wildman–Crippen LogP) is 2.29. The van der Waals surface area contributed by atoms with Crippen molar-refractivity contribution in [3.05, 3.63) is 28.2 Å². The van der Waals surface area contributed by atoms with E-state index in [9.17, 15) is 13.2 Å². The molecule has 1 aromatic rings. The van der Waals surface area contributed by atoms with Gasteiger partial charge in [-0.3, -0.25) is 4.79 Å². The van der Waals surface area contributed by atoms with Gasteiger partial charge in [-0.05, 0) is 51.5 Å². The number of likely N-dealkylation sites (N-methyl/N-ethyl adjacent to an activating group) is 1. The van der Waals surface area contributed by atoms with E-state index in [-0.39, 0.29) is 17.3 Å². The van der Waals surface area contributed by atoms with Crippen LogP contribution >= 0.6 is 15.9 Å². The van der Waals surface area contributed by atoms with E-state index in [2.05, 4.69) is 21.2 Å². The number of amides is 1. The highest BCUT2D eigenvalue weighted by molar-refractivity contribution is 9.10. The molecule has 21 heavy (non-hydrogen) atoms. The smallest absolute Gasteiger partial charge is 0.243 e. The average molecular weight is 377 g/mol. The molecule has 1 amide bonds. The summed E-state index contributed by atoms with van der Waals surface area (Å²) in [4.78, 5) is 12.0. The van der Waals surface area contributed by atoms with Gasteiger partial charge in [0, 0.05) is 17.1 Å². The van der Waals surface area contributed by atoms with Crippen molar-refractivity contribution in [1.29, 1.82) is 0 Å². The topological polar surface area (TPSA) is 66.5 Å². The molecular weight excluding hydrogens is 356 g/mol. The van der Waals surface area contributed by atoms with Crippen molar-refractivity contribution in [3.63, 3.8) is 0 Å². The van der Waals surface area contributed by atoms with Crippen LogP contribution < -0.4 is 5.32 Å². The third-order valence-corrected chi connectivity index (χ3v) is 5.41. The molecule has 0 bridgehead atoms. The van der Waals surface area contributed by atoms with Crippen LogP contribution in [0.1, 0.15) is 26.3 Å². The van der Waals surface area contributed by atoms with E-state index in [1.165, 1.54) is 13.1 Å². The second-order valence-corrected chi connectivity index (χ2v) is 8.87.